The molecule has 3 aromatic rings. The standard InChI is InChI=1S/C10H7N3O4.C9H8O4/c14-10(15)8-5-11-12-9(8)6-1-3-7(4-2-6)13(16)17;1-5-2-6(8(10)11)4-7(3-5)9(12)13/h1-5H,(H,11,12)(H,14,15);2-4H,1H3,(H,10,11)(H,12,13). The van der Waals surface area contributed by atoms with Gasteiger partial charge in [-0.15, -0.1) is 0 Å². The summed E-state index contributed by atoms with van der Waals surface area (Å²) in [6.45, 7) is 1.65. The first-order chi connectivity index (χ1) is 14.1. The van der Waals surface area contributed by atoms with Crippen LogP contribution >= 0.6 is 0 Å². The van der Waals surface area contributed by atoms with E-state index in [4.69, 9.17) is 15.3 Å². The van der Waals surface area contributed by atoms with Crippen LogP contribution < -0.4 is 0 Å². The molecule has 4 N–H and O–H groups in total. The van der Waals surface area contributed by atoms with E-state index in [0.29, 0.717) is 16.8 Å². The van der Waals surface area contributed by atoms with Crippen LogP contribution in [0.2, 0.25) is 0 Å². The minimum absolute atomic E-state index is 0.00241. The van der Waals surface area contributed by atoms with Gasteiger partial charge < -0.3 is 15.3 Å². The molecule has 154 valence electrons. The van der Waals surface area contributed by atoms with Crippen LogP contribution in [-0.2, 0) is 0 Å². The van der Waals surface area contributed by atoms with E-state index in [9.17, 15) is 24.5 Å². The number of aromatic nitrogens is 2. The summed E-state index contributed by atoms with van der Waals surface area (Å²) in [6, 6.07) is 9.54. The number of nitro groups is 1. The van der Waals surface area contributed by atoms with Crippen LogP contribution in [0.25, 0.3) is 11.3 Å². The molecular weight excluding hydrogens is 398 g/mol. The lowest BCUT2D eigenvalue weighted by atomic mass is 10.1. The molecule has 0 atom stereocenters. The fraction of sp³-hybridized carbons (Fsp3) is 0.0526. The summed E-state index contributed by atoms with van der Waals surface area (Å²) in [5.41, 5.74) is 1.45. The average molecular weight is 413 g/mol. The zero-order valence-corrected chi connectivity index (χ0v) is 15.4. The monoisotopic (exact) mass is 413 g/mol. The SMILES string of the molecule is Cc1cc(C(=O)O)cc(C(=O)O)c1.O=C(O)c1cn[nH]c1-c1ccc([N+](=O)[O-])cc1. The molecule has 0 aliphatic rings. The first kappa shape index (κ1) is 21.8. The molecule has 2 aromatic carbocycles. The van der Waals surface area contributed by atoms with E-state index in [-0.39, 0.29) is 22.4 Å². The Labute approximate surface area is 168 Å². The van der Waals surface area contributed by atoms with Crippen molar-refractivity contribution >= 4 is 23.6 Å². The quantitative estimate of drug-likeness (QED) is 0.360. The molecule has 0 aliphatic carbocycles. The number of non-ortho nitro benzene ring substituents is 1. The van der Waals surface area contributed by atoms with Gasteiger partial charge in [-0.3, -0.25) is 15.2 Å². The van der Waals surface area contributed by atoms with Crippen LogP contribution in [-0.4, -0.2) is 48.3 Å². The lowest BCUT2D eigenvalue weighted by Gasteiger charge is -1.99. The number of rotatable bonds is 5. The van der Waals surface area contributed by atoms with Gasteiger partial charge in [-0.2, -0.15) is 5.10 Å². The van der Waals surface area contributed by atoms with E-state index < -0.39 is 22.8 Å². The molecule has 0 fully saturated rings. The van der Waals surface area contributed by atoms with Gasteiger partial charge in [0.15, 0.2) is 0 Å². The number of hydrogen-bond acceptors (Lipinski definition) is 6. The van der Waals surface area contributed by atoms with Gasteiger partial charge in [-0.1, -0.05) is 0 Å². The summed E-state index contributed by atoms with van der Waals surface area (Å²) in [5.74, 6) is -3.34. The van der Waals surface area contributed by atoms with Crippen LogP contribution in [0, 0.1) is 17.0 Å². The summed E-state index contributed by atoms with van der Waals surface area (Å²) in [4.78, 5) is 41.9. The number of carboxylic acids is 3. The minimum atomic E-state index is -1.12. The number of hydrogen-bond donors (Lipinski definition) is 4. The van der Waals surface area contributed by atoms with E-state index in [1.165, 1.54) is 42.6 Å². The van der Waals surface area contributed by atoms with E-state index in [2.05, 4.69) is 10.2 Å². The first-order valence-electron chi connectivity index (χ1n) is 8.20. The molecule has 0 amide bonds. The second-order valence-electron chi connectivity index (χ2n) is 5.97. The van der Waals surface area contributed by atoms with Gasteiger partial charge in [0.25, 0.3) is 5.69 Å². The highest BCUT2D eigenvalue weighted by Gasteiger charge is 2.15. The fourth-order valence-corrected chi connectivity index (χ4v) is 2.45. The normalized spacial score (nSPS) is 9.90. The van der Waals surface area contributed by atoms with E-state index in [0.717, 1.165) is 6.07 Å². The molecule has 0 radical (unpaired) electrons. The van der Waals surface area contributed by atoms with Crippen molar-refractivity contribution in [2.24, 2.45) is 0 Å². The lowest BCUT2D eigenvalue weighted by Crippen LogP contribution is -2.02. The van der Waals surface area contributed by atoms with Crippen LogP contribution in [0.5, 0.6) is 0 Å². The molecule has 11 heteroatoms. The Morgan fingerprint density at radius 1 is 0.933 bits per heavy atom. The Morgan fingerprint density at radius 3 is 1.90 bits per heavy atom. The molecule has 1 heterocycles. The van der Waals surface area contributed by atoms with Gasteiger partial charge >= 0.3 is 17.9 Å². The summed E-state index contributed by atoms with van der Waals surface area (Å²) >= 11 is 0. The summed E-state index contributed by atoms with van der Waals surface area (Å²) in [5, 5.41) is 42.8. The average Bonchev–Trinajstić information content (AvgIpc) is 3.18. The second kappa shape index (κ2) is 9.10. The van der Waals surface area contributed by atoms with Gasteiger partial charge in [-0.25, -0.2) is 14.4 Å². The van der Waals surface area contributed by atoms with Crippen molar-refractivity contribution in [1.29, 1.82) is 0 Å². The van der Waals surface area contributed by atoms with Crippen LogP contribution in [0.1, 0.15) is 36.6 Å². The zero-order valence-electron chi connectivity index (χ0n) is 15.4. The molecular formula is C19H15N3O8. The molecule has 3 rings (SSSR count). The smallest absolute Gasteiger partial charge is 0.339 e. The highest BCUT2D eigenvalue weighted by Crippen LogP contribution is 2.23. The van der Waals surface area contributed by atoms with E-state index in [1.54, 1.807) is 6.92 Å². The molecule has 0 saturated carbocycles. The van der Waals surface area contributed by atoms with Crippen molar-refractivity contribution in [3.8, 4) is 11.3 Å². The summed E-state index contributed by atoms with van der Waals surface area (Å²) < 4.78 is 0. The highest BCUT2D eigenvalue weighted by molar-refractivity contribution is 5.95. The predicted octanol–water partition coefficient (Wildman–Crippen LogP) is 3.07. The Kier molecular flexibility index (Phi) is 6.60. The number of aromatic amines is 1. The van der Waals surface area contributed by atoms with Crippen LogP contribution in [0.3, 0.4) is 0 Å². The largest absolute Gasteiger partial charge is 0.478 e. The van der Waals surface area contributed by atoms with E-state index >= 15 is 0 Å². The van der Waals surface area contributed by atoms with E-state index in [1.807, 2.05) is 0 Å². The van der Waals surface area contributed by atoms with Crippen LogP contribution in [0.15, 0.2) is 48.7 Å². The number of aromatic carboxylic acids is 3. The maximum absolute atomic E-state index is 10.9. The number of nitro benzene ring substituents is 1. The Balaban J connectivity index is 0.000000222. The maximum Gasteiger partial charge on any atom is 0.339 e. The third kappa shape index (κ3) is 5.25. The topological polar surface area (TPSA) is 184 Å². The molecule has 30 heavy (non-hydrogen) atoms. The fourth-order valence-electron chi connectivity index (χ4n) is 2.45. The number of carboxylic acid groups (broad SMARTS) is 3. The number of aryl methyl sites for hydroxylation is 1. The second-order valence-corrected chi connectivity index (χ2v) is 5.97. The maximum atomic E-state index is 10.9. The Morgan fingerprint density at radius 2 is 1.47 bits per heavy atom. The van der Waals surface area contributed by atoms with Crippen LogP contribution in [0.4, 0.5) is 5.69 Å². The third-order valence-electron chi connectivity index (χ3n) is 3.81. The molecule has 0 spiro atoms. The number of nitrogens with one attached hydrogen (secondary N) is 1. The molecule has 11 nitrogen and oxygen atoms in total. The Bertz CT molecular complexity index is 1090. The minimum Gasteiger partial charge on any atom is -0.478 e. The van der Waals surface area contributed by atoms with Gasteiger partial charge in [0.1, 0.15) is 5.56 Å². The number of H-pyrrole nitrogens is 1. The Hall–Kier alpha value is -4.54. The van der Waals surface area contributed by atoms with Crippen molar-refractivity contribution < 1.29 is 34.6 Å². The van der Waals surface area contributed by atoms with Crippen molar-refractivity contribution in [2.45, 2.75) is 6.92 Å². The molecule has 1 aromatic heterocycles. The van der Waals surface area contributed by atoms with Crippen molar-refractivity contribution in [2.75, 3.05) is 0 Å². The van der Waals surface area contributed by atoms with Gasteiger partial charge in [0.2, 0.25) is 0 Å². The lowest BCUT2D eigenvalue weighted by molar-refractivity contribution is -0.384. The van der Waals surface area contributed by atoms with Crippen molar-refractivity contribution in [1.82, 2.24) is 10.2 Å². The van der Waals surface area contributed by atoms with Crippen molar-refractivity contribution in [3.05, 3.63) is 81.0 Å². The van der Waals surface area contributed by atoms with Crippen molar-refractivity contribution in [3.63, 3.8) is 0 Å². The van der Waals surface area contributed by atoms with Gasteiger partial charge in [-0.05, 0) is 42.8 Å². The number of benzene rings is 2. The molecule has 0 unspecified atom stereocenters. The number of carbonyl (C=O) groups is 3. The summed E-state index contributed by atoms with van der Waals surface area (Å²) in [7, 11) is 0. The van der Waals surface area contributed by atoms with Gasteiger partial charge in [0.05, 0.1) is 27.9 Å². The predicted molar refractivity (Wildman–Crippen MR) is 103 cm³/mol. The zero-order chi connectivity index (χ0) is 22.4. The first-order valence-corrected chi connectivity index (χ1v) is 8.20. The summed E-state index contributed by atoms with van der Waals surface area (Å²) in [6.07, 6.45) is 1.19. The van der Waals surface area contributed by atoms with Gasteiger partial charge in [0, 0.05) is 17.7 Å². The third-order valence-corrected chi connectivity index (χ3v) is 3.81. The molecule has 0 aliphatic heterocycles. The molecule has 0 saturated heterocycles. The molecule has 0 bridgehead atoms. The highest BCUT2D eigenvalue weighted by atomic mass is 16.6. The number of nitrogens with zero attached hydrogens (tertiary/aromatic N) is 2.